The number of nitrogens with zero attached hydrogens (tertiary/aromatic N) is 3. The standard InChI is InChI=1S/C23H30N4O3/c1-23(2,3)30-22(29)26-13-12-17-18(14-26)25-21(24)27(20(17)28)19(16-10-7-11-16)15-8-5-4-6-9-15/h4-6,8-9,16,19H,7,10-14H2,1-3H3,(H2,24,25). The van der Waals surface area contributed by atoms with Crippen LogP contribution in [0.5, 0.6) is 0 Å². The molecule has 1 unspecified atom stereocenters. The van der Waals surface area contributed by atoms with E-state index < -0.39 is 11.7 Å². The minimum Gasteiger partial charge on any atom is -0.444 e. The number of nitrogens with two attached hydrogens (primary N) is 1. The van der Waals surface area contributed by atoms with Gasteiger partial charge in [0.05, 0.1) is 18.3 Å². The van der Waals surface area contributed by atoms with Crippen molar-refractivity contribution in [3.05, 3.63) is 57.5 Å². The smallest absolute Gasteiger partial charge is 0.410 e. The first-order valence-corrected chi connectivity index (χ1v) is 10.7. The molecule has 160 valence electrons. The summed E-state index contributed by atoms with van der Waals surface area (Å²) in [5, 5.41) is 0. The van der Waals surface area contributed by atoms with Gasteiger partial charge in [-0.3, -0.25) is 9.36 Å². The summed E-state index contributed by atoms with van der Waals surface area (Å²) in [7, 11) is 0. The zero-order valence-corrected chi connectivity index (χ0v) is 17.9. The third-order valence-electron chi connectivity index (χ3n) is 5.96. The normalized spacial score (nSPS) is 17.8. The first-order valence-electron chi connectivity index (χ1n) is 10.7. The van der Waals surface area contributed by atoms with E-state index in [9.17, 15) is 9.59 Å². The molecule has 7 heteroatoms. The zero-order chi connectivity index (χ0) is 21.5. The van der Waals surface area contributed by atoms with Gasteiger partial charge in [-0.1, -0.05) is 36.8 Å². The van der Waals surface area contributed by atoms with Crippen molar-refractivity contribution in [2.45, 2.75) is 64.6 Å². The van der Waals surface area contributed by atoms with Crippen molar-refractivity contribution >= 4 is 12.0 Å². The predicted molar refractivity (Wildman–Crippen MR) is 115 cm³/mol. The Morgan fingerprint density at radius 3 is 2.53 bits per heavy atom. The average Bonchev–Trinajstić information content (AvgIpc) is 2.64. The third kappa shape index (κ3) is 3.93. The molecule has 1 aromatic heterocycles. The highest BCUT2D eigenvalue weighted by atomic mass is 16.6. The van der Waals surface area contributed by atoms with Crippen LogP contribution in [0.1, 0.15) is 62.9 Å². The summed E-state index contributed by atoms with van der Waals surface area (Å²) < 4.78 is 7.15. The summed E-state index contributed by atoms with van der Waals surface area (Å²) in [6.45, 7) is 6.18. The Hall–Kier alpha value is -2.83. The lowest BCUT2D eigenvalue weighted by Gasteiger charge is -2.37. The van der Waals surface area contributed by atoms with Gasteiger partial charge in [0.2, 0.25) is 5.95 Å². The molecule has 1 amide bonds. The predicted octanol–water partition coefficient (Wildman–Crippen LogP) is 3.51. The summed E-state index contributed by atoms with van der Waals surface area (Å²) >= 11 is 0. The lowest BCUT2D eigenvalue weighted by molar-refractivity contribution is 0.0220. The van der Waals surface area contributed by atoms with Crippen molar-refractivity contribution in [2.75, 3.05) is 12.3 Å². The number of aromatic nitrogens is 2. The molecule has 1 aliphatic heterocycles. The highest BCUT2D eigenvalue weighted by Gasteiger charge is 2.34. The van der Waals surface area contributed by atoms with E-state index in [2.05, 4.69) is 17.1 Å². The van der Waals surface area contributed by atoms with Crippen LogP contribution in [-0.4, -0.2) is 32.7 Å². The number of carbonyl (C=O) groups excluding carboxylic acids is 1. The van der Waals surface area contributed by atoms with Crippen LogP contribution in [0.4, 0.5) is 10.7 Å². The number of rotatable bonds is 3. The van der Waals surface area contributed by atoms with Gasteiger partial charge in [0.1, 0.15) is 5.60 Å². The molecule has 0 bridgehead atoms. The van der Waals surface area contributed by atoms with Crippen LogP contribution in [0.2, 0.25) is 0 Å². The molecule has 1 saturated carbocycles. The summed E-state index contributed by atoms with van der Waals surface area (Å²) in [5.74, 6) is 0.597. The van der Waals surface area contributed by atoms with Gasteiger partial charge in [0.15, 0.2) is 0 Å². The van der Waals surface area contributed by atoms with Crippen molar-refractivity contribution in [2.24, 2.45) is 5.92 Å². The number of ether oxygens (including phenoxy) is 1. The Morgan fingerprint density at radius 2 is 1.93 bits per heavy atom. The van der Waals surface area contributed by atoms with E-state index >= 15 is 0 Å². The molecule has 1 aliphatic carbocycles. The number of hydrogen-bond donors (Lipinski definition) is 1. The number of carbonyl (C=O) groups is 1. The minimum atomic E-state index is -0.571. The first-order chi connectivity index (χ1) is 14.2. The molecule has 1 aromatic carbocycles. The average molecular weight is 411 g/mol. The maximum Gasteiger partial charge on any atom is 0.410 e. The van der Waals surface area contributed by atoms with E-state index in [1.165, 1.54) is 6.42 Å². The van der Waals surface area contributed by atoms with Crippen LogP contribution in [0.25, 0.3) is 0 Å². The number of nitrogen functional groups attached to an aromatic ring is 1. The van der Waals surface area contributed by atoms with Gasteiger partial charge in [-0.25, -0.2) is 9.78 Å². The van der Waals surface area contributed by atoms with Crippen molar-refractivity contribution in [1.82, 2.24) is 14.5 Å². The zero-order valence-electron chi connectivity index (χ0n) is 17.9. The maximum absolute atomic E-state index is 13.5. The molecule has 1 atom stereocenters. The van der Waals surface area contributed by atoms with Gasteiger partial charge in [-0.15, -0.1) is 0 Å². The van der Waals surface area contributed by atoms with E-state index in [1.807, 2.05) is 39.0 Å². The number of fused-ring (bicyclic) bond motifs is 1. The largest absolute Gasteiger partial charge is 0.444 e. The van der Waals surface area contributed by atoms with Crippen molar-refractivity contribution in [1.29, 1.82) is 0 Å². The van der Waals surface area contributed by atoms with E-state index in [1.54, 1.807) is 9.47 Å². The summed E-state index contributed by atoms with van der Waals surface area (Å²) in [6.07, 6.45) is 3.39. The number of hydrogen-bond acceptors (Lipinski definition) is 5. The second-order valence-electron chi connectivity index (χ2n) is 9.27. The third-order valence-corrected chi connectivity index (χ3v) is 5.96. The molecule has 7 nitrogen and oxygen atoms in total. The molecule has 2 heterocycles. The molecule has 0 spiro atoms. The van der Waals surface area contributed by atoms with Gasteiger partial charge < -0.3 is 15.4 Å². The lowest BCUT2D eigenvalue weighted by Crippen LogP contribution is -2.44. The number of amides is 1. The minimum absolute atomic E-state index is 0.0814. The second-order valence-corrected chi connectivity index (χ2v) is 9.27. The number of anilines is 1. The molecule has 2 aliphatic rings. The molecular formula is C23H30N4O3. The lowest BCUT2D eigenvalue weighted by atomic mass is 9.77. The van der Waals surface area contributed by atoms with Crippen molar-refractivity contribution in [3.63, 3.8) is 0 Å². The molecule has 30 heavy (non-hydrogen) atoms. The van der Waals surface area contributed by atoms with Gasteiger partial charge in [-0.05, 0) is 51.5 Å². The van der Waals surface area contributed by atoms with Crippen LogP contribution in [0, 0.1) is 5.92 Å². The topological polar surface area (TPSA) is 90.4 Å². The fourth-order valence-corrected chi connectivity index (χ4v) is 4.31. The Morgan fingerprint density at radius 1 is 1.23 bits per heavy atom. The van der Waals surface area contributed by atoms with Crippen molar-refractivity contribution in [3.8, 4) is 0 Å². The monoisotopic (exact) mass is 410 g/mol. The molecule has 1 fully saturated rings. The molecular weight excluding hydrogens is 380 g/mol. The van der Waals surface area contributed by atoms with Gasteiger partial charge >= 0.3 is 6.09 Å². The molecule has 0 radical (unpaired) electrons. The van der Waals surface area contributed by atoms with Crippen LogP contribution in [0.15, 0.2) is 35.1 Å². The summed E-state index contributed by atoms with van der Waals surface area (Å²) in [4.78, 5) is 32.1. The second kappa shape index (κ2) is 7.78. The van der Waals surface area contributed by atoms with Crippen LogP contribution in [-0.2, 0) is 17.7 Å². The van der Waals surface area contributed by atoms with Crippen LogP contribution < -0.4 is 11.3 Å². The fraction of sp³-hybridized carbons (Fsp3) is 0.522. The highest BCUT2D eigenvalue weighted by molar-refractivity contribution is 5.68. The van der Waals surface area contributed by atoms with E-state index in [-0.39, 0.29) is 24.1 Å². The quantitative estimate of drug-likeness (QED) is 0.836. The van der Waals surface area contributed by atoms with Gasteiger partial charge in [0, 0.05) is 12.1 Å². The molecule has 2 aromatic rings. The molecule has 4 rings (SSSR count). The van der Waals surface area contributed by atoms with Gasteiger partial charge in [-0.2, -0.15) is 0 Å². The van der Waals surface area contributed by atoms with E-state index in [0.717, 1.165) is 18.4 Å². The van der Waals surface area contributed by atoms with E-state index in [0.29, 0.717) is 30.1 Å². The molecule has 2 N–H and O–H groups in total. The Labute approximate surface area is 176 Å². The number of benzene rings is 1. The van der Waals surface area contributed by atoms with Gasteiger partial charge in [0.25, 0.3) is 5.56 Å². The molecule has 0 saturated heterocycles. The summed E-state index contributed by atoms with van der Waals surface area (Å²) in [6, 6.07) is 9.97. The summed E-state index contributed by atoms with van der Waals surface area (Å²) in [5.41, 5.74) is 8.01. The maximum atomic E-state index is 13.5. The van der Waals surface area contributed by atoms with Crippen LogP contribution >= 0.6 is 0 Å². The SMILES string of the molecule is CC(C)(C)OC(=O)N1CCc2c(nc(N)n(C(c3ccccc3)C3CCC3)c2=O)C1. The van der Waals surface area contributed by atoms with Crippen LogP contribution in [0.3, 0.4) is 0 Å². The van der Waals surface area contributed by atoms with E-state index in [4.69, 9.17) is 10.5 Å². The Bertz CT molecular complexity index is 990. The Kier molecular flexibility index (Phi) is 5.30. The fourth-order valence-electron chi connectivity index (χ4n) is 4.31. The van der Waals surface area contributed by atoms with Crippen molar-refractivity contribution < 1.29 is 9.53 Å². The Balaban J connectivity index is 1.68. The first kappa shape index (κ1) is 20.4. The highest BCUT2D eigenvalue weighted by Crippen LogP contribution is 2.40.